The van der Waals surface area contributed by atoms with Crippen LogP contribution in [-0.4, -0.2) is 41.5 Å². The number of pyridine rings is 1. The van der Waals surface area contributed by atoms with Crippen molar-refractivity contribution in [3.05, 3.63) is 47.8 Å². The molecule has 2 aliphatic heterocycles. The summed E-state index contributed by atoms with van der Waals surface area (Å²) in [5.74, 6) is 1.11. The highest BCUT2D eigenvalue weighted by atomic mass is 35.5. The maximum Gasteiger partial charge on any atom is 0.242 e. The number of likely N-dealkylation sites (tertiary alicyclic amines) is 1. The first-order chi connectivity index (χ1) is 13.0. The normalized spacial score (nSPS) is 23.9. The fraction of sp³-hybridized carbons (Fsp3) is 0.455. The number of nitrogens with one attached hydrogen (secondary N) is 1. The van der Waals surface area contributed by atoms with Crippen molar-refractivity contribution in [1.29, 1.82) is 0 Å². The Hall–Kier alpha value is -2.11. The Kier molecular flexibility index (Phi) is 5.96. The Morgan fingerprint density at radius 3 is 2.61 bits per heavy atom. The van der Waals surface area contributed by atoms with Gasteiger partial charge in [0.25, 0.3) is 0 Å². The zero-order valence-corrected chi connectivity index (χ0v) is 17.5. The maximum atomic E-state index is 12.6. The predicted molar refractivity (Wildman–Crippen MR) is 113 cm³/mol. The number of nitrogens with zero attached hydrogens (tertiary/aromatic N) is 2. The van der Waals surface area contributed by atoms with Crippen LogP contribution in [0.25, 0.3) is 11.1 Å². The predicted octanol–water partition coefficient (Wildman–Crippen LogP) is 3.90. The topological polar surface area (TPSA) is 54.5 Å². The van der Waals surface area contributed by atoms with Crippen LogP contribution in [0.1, 0.15) is 43.6 Å². The molecule has 6 heteroatoms. The molecule has 2 fully saturated rings. The van der Waals surface area contributed by atoms with E-state index in [1.54, 1.807) is 0 Å². The number of benzene rings is 1. The van der Waals surface area contributed by atoms with Gasteiger partial charge in [-0.3, -0.25) is 15.1 Å². The van der Waals surface area contributed by atoms with Crippen LogP contribution in [-0.2, 0) is 4.79 Å². The smallest absolute Gasteiger partial charge is 0.242 e. The van der Waals surface area contributed by atoms with E-state index in [0.29, 0.717) is 6.61 Å². The Morgan fingerprint density at radius 2 is 1.96 bits per heavy atom. The van der Waals surface area contributed by atoms with E-state index >= 15 is 0 Å². The molecule has 2 saturated heterocycles. The van der Waals surface area contributed by atoms with Crippen LogP contribution in [0.4, 0.5) is 0 Å². The summed E-state index contributed by atoms with van der Waals surface area (Å²) >= 11 is 0. The third-order valence-corrected chi connectivity index (χ3v) is 5.77. The maximum absolute atomic E-state index is 12.6. The van der Waals surface area contributed by atoms with Gasteiger partial charge in [-0.1, -0.05) is 12.1 Å². The first kappa shape index (κ1) is 20.6. The van der Waals surface area contributed by atoms with Gasteiger partial charge in [0.05, 0.1) is 18.3 Å². The second-order valence-corrected chi connectivity index (χ2v) is 7.67. The molecule has 28 heavy (non-hydrogen) atoms. The summed E-state index contributed by atoms with van der Waals surface area (Å²) < 4.78 is 5.54. The van der Waals surface area contributed by atoms with Crippen LogP contribution < -0.4 is 10.1 Å². The minimum atomic E-state index is -0.385. The molecular formula is C22H28ClN3O2. The van der Waals surface area contributed by atoms with Crippen LogP contribution in [0.3, 0.4) is 0 Å². The van der Waals surface area contributed by atoms with Crippen molar-refractivity contribution in [2.45, 2.75) is 44.7 Å². The number of hydrogen-bond donors (Lipinski definition) is 1. The molecule has 1 N–H and O–H groups in total. The minimum Gasteiger partial charge on any atom is -0.494 e. The van der Waals surface area contributed by atoms with E-state index < -0.39 is 0 Å². The Labute approximate surface area is 172 Å². The quantitative estimate of drug-likeness (QED) is 0.844. The van der Waals surface area contributed by atoms with Gasteiger partial charge in [0.15, 0.2) is 0 Å². The number of amides is 1. The number of aromatic nitrogens is 1. The number of hydrogen-bond acceptors (Lipinski definition) is 4. The molecule has 1 spiro atoms. The highest BCUT2D eigenvalue weighted by Crippen LogP contribution is 2.39. The van der Waals surface area contributed by atoms with Crippen LogP contribution in [0.5, 0.6) is 5.75 Å². The SMILES string of the molecule is CCOc1ccc(-c2cc(C)nc([C@H]3CC[C@@]4(CCN(C)C4=O)N3)c2)cc1.Cl. The summed E-state index contributed by atoms with van der Waals surface area (Å²) in [5.41, 5.74) is 3.93. The summed E-state index contributed by atoms with van der Waals surface area (Å²) in [5, 5.41) is 3.62. The first-order valence-electron chi connectivity index (χ1n) is 9.76. The van der Waals surface area contributed by atoms with Gasteiger partial charge in [-0.15, -0.1) is 12.4 Å². The second-order valence-electron chi connectivity index (χ2n) is 7.67. The van der Waals surface area contributed by atoms with Crippen molar-refractivity contribution in [2.24, 2.45) is 0 Å². The van der Waals surface area contributed by atoms with Gasteiger partial charge >= 0.3 is 0 Å². The van der Waals surface area contributed by atoms with Crippen molar-refractivity contribution >= 4 is 18.3 Å². The molecule has 150 valence electrons. The van der Waals surface area contributed by atoms with Gasteiger partial charge in [0, 0.05) is 19.3 Å². The van der Waals surface area contributed by atoms with Crippen LogP contribution in [0.2, 0.25) is 0 Å². The highest BCUT2D eigenvalue weighted by molar-refractivity contribution is 5.88. The van der Waals surface area contributed by atoms with E-state index in [-0.39, 0.29) is 29.9 Å². The summed E-state index contributed by atoms with van der Waals surface area (Å²) in [7, 11) is 1.89. The summed E-state index contributed by atoms with van der Waals surface area (Å²) in [6, 6.07) is 12.6. The molecule has 2 aromatic rings. The van der Waals surface area contributed by atoms with E-state index in [1.807, 2.05) is 37.9 Å². The molecule has 4 rings (SSSR count). The molecule has 3 heterocycles. The number of ether oxygens (including phenoxy) is 1. The first-order valence-corrected chi connectivity index (χ1v) is 9.76. The van der Waals surface area contributed by atoms with Gasteiger partial charge in [0.1, 0.15) is 11.3 Å². The molecule has 2 aliphatic rings. The molecule has 2 atom stereocenters. The fourth-order valence-electron chi connectivity index (χ4n) is 4.34. The average Bonchev–Trinajstić information content (AvgIpc) is 3.22. The highest BCUT2D eigenvalue weighted by Gasteiger charge is 2.50. The molecule has 0 bridgehead atoms. The van der Waals surface area contributed by atoms with Crippen molar-refractivity contribution < 1.29 is 9.53 Å². The number of likely N-dealkylation sites (N-methyl/N-ethyl adjacent to an activating group) is 1. The second kappa shape index (κ2) is 8.10. The Balaban J connectivity index is 0.00000225. The minimum absolute atomic E-state index is 0. The van der Waals surface area contributed by atoms with Crippen molar-refractivity contribution in [1.82, 2.24) is 15.2 Å². The Bertz CT molecular complexity index is 855. The standard InChI is InChI=1S/C22H27N3O2.ClH/c1-4-27-18-7-5-16(6-8-18)17-13-15(2)23-20(14-17)19-9-10-22(24-19)11-12-25(3)21(22)26;/h5-8,13-14,19,24H,4,9-12H2,1-3H3;1H/t19-,22+;/m1./s1. The van der Waals surface area contributed by atoms with E-state index in [2.05, 4.69) is 29.6 Å². The third kappa shape index (κ3) is 3.74. The zero-order valence-electron chi connectivity index (χ0n) is 16.7. The van der Waals surface area contributed by atoms with Crippen LogP contribution in [0, 0.1) is 6.92 Å². The number of aryl methyl sites for hydroxylation is 1. The molecule has 1 aromatic carbocycles. The number of carbonyl (C=O) groups is 1. The lowest BCUT2D eigenvalue weighted by atomic mass is 9.96. The Morgan fingerprint density at radius 1 is 1.21 bits per heavy atom. The van der Waals surface area contributed by atoms with E-state index in [9.17, 15) is 4.79 Å². The molecular weight excluding hydrogens is 374 g/mol. The molecule has 1 amide bonds. The molecule has 1 aromatic heterocycles. The van der Waals surface area contributed by atoms with E-state index in [0.717, 1.165) is 54.1 Å². The largest absolute Gasteiger partial charge is 0.494 e. The fourth-order valence-corrected chi connectivity index (χ4v) is 4.34. The number of halogens is 1. The molecule has 5 nitrogen and oxygen atoms in total. The van der Waals surface area contributed by atoms with Gasteiger partial charge in [0.2, 0.25) is 5.91 Å². The summed E-state index contributed by atoms with van der Waals surface area (Å²) in [4.78, 5) is 19.2. The third-order valence-electron chi connectivity index (χ3n) is 5.77. The molecule has 0 aliphatic carbocycles. The monoisotopic (exact) mass is 401 g/mol. The van der Waals surface area contributed by atoms with Gasteiger partial charge in [-0.2, -0.15) is 0 Å². The molecule has 0 saturated carbocycles. The van der Waals surface area contributed by atoms with Gasteiger partial charge in [-0.25, -0.2) is 0 Å². The number of rotatable bonds is 4. The zero-order chi connectivity index (χ0) is 19.0. The van der Waals surface area contributed by atoms with E-state index in [1.165, 1.54) is 0 Å². The lowest BCUT2D eigenvalue weighted by Crippen LogP contribution is -2.47. The van der Waals surface area contributed by atoms with Crippen molar-refractivity contribution in [2.75, 3.05) is 20.2 Å². The van der Waals surface area contributed by atoms with Crippen LogP contribution in [0.15, 0.2) is 36.4 Å². The van der Waals surface area contributed by atoms with Gasteiger partial charge in [-0.05, 0) is 68.5 Å². The number of carbonyl (C=O) groups excluding carboxylic acids is 1. The lowest BCUT2D eigenvalue weighted by Gasteiger charge is -2.23. The lowest BCUT2D eigenvalue weighted by molar-refractivity contribution is -0.131. The summed E-state index contributed by atoms with van der Waals surface area (Å²) in [6.07, 6.45) is 2.71. The van der Waals surface area contributed by atoms with E-state index in [4.69, 9.17) is 9.72 Å². The summed E-state index contributed by atoms with van der Waals surface area (Å²) in [6.45, 7) is 5.51. The van der Waals surface area contributed by atoms with Crippen molar-refractivity contribution in [3.63, 3.8) is 0 Å². The average molecular weight is 402 g/mol. The van der Waals surface area contributed by atoms with Crippen LogP contribution >= 0.6 is 12.4 Å². The van der Waals surface area contributed by atoms with Crippen molar-refractivity contribution in [3.8, 4) is 16.9 Å². The molecule has 0 unspecified atom stereocenters. The van der Waals surface area contributed by atoms with Gasteiger partial charge < -0.3 is 9.64 Å². The molecule has 0 radical (unpaired) electrons.